The summed E-state index contributed by atoms with van der Waals surface area (Å²) < 4.78 is 6.45. The second-order valence-corrected chi connectivity index (χ2v) is 11.6. The van der Waals surface area contributed by atoms with Gasteiger partial charge in [-0.05, 0) is 53.1 Å². The fourth-order valence-corrected chi connectivity index (χ4v) is 6.27. The molecule has 0 N–H and O–H groups in total. The molecule has 1 atom stereocenters. The van der Waals surface area contributed by atoms with Crippen molar-refractivity contribution in [3.63, 3.8) is 0 Å². The maximum absolute atomic E-state index is 6.45. The lowest BCUT2D eigenvalue weighted by Gasteiger charge is -2.16. The summed E-state index contributed by atoms with van der Waals surface area (Å²) in [5.41, 5.74) is 9.74. The summed E-state index contributed by atoms with van der Waals surface area (Å²) in [6.07, 6.45) is 11.6. The third-order valence-electron chi connectivity index (χ3n) is 8.51. The number of aryl methyl sites for hydroxylation is 1. The number of fused-ring (bicyclic) bond motifs is 3. The van der Waals surface area contributed by atoms with Crippen LogP contribution in [0.5, 0.6) is 0 Å². The van der Waals surface area contributed by atoms with Gasteiger partial charge >= 0.3 is 0 Å². The van der Waals surface area contributed by atoms with Crippen LogP contribution in [0.3, 0.4) is 0 Å². The third-order valence-corrected chi connectivity index (χ3v) is 8.51. The molecule has 2 heterocycles. The number of nitrogens with zero attached hydrogens (tertiary/aromatic N) is 3. The number of hydrogen-bond donors (Lipinski definition) is 0. The summed E-state index contributed by atoms with van der Waals surface area (Å²) in [6.45, 7) is 2.23. The standard InChI is InChI=1S/C40H31N3O/c1-26-10-8-15-32(24-26)39-41-38(30-13-6-3-7-14-30)42-40(43-39)33-16-9-17-36-37(33)34-25-31(22-23-35(34)44-36)29-20-18-28(19-21-29)27-11-4-2-5-12-27/h2-8,11-16,18-26H,9-10,17H2,1H3. The molecule has 4 aromatic carbocycles. The lowest BCUT2D eigenvalue weighted by molar-refractivity contribution is 0.545. The van der Waals surface area contributed by atoms with E-state index < -0.39 is 0 Å². The Bertz CT molecular complexity index is 2080. The van der Waals surface area contributed by atoms with Crippen LogP contribution in [0.2, 0.25) is 0 Å². The van der Waals surface area contributed by atoms with Crippen LogP contribution in [0.1, 0.15) is 42.7 Å². The first-order chi connectivity index (χ1) is 21.7. The normalized spacial score (nSPS) is 16.0. The Morgan fingerprint density at radius 1 is 0.659 bits per heavy atom. The molecule has 4 nitrogen and oxygen atoms in total. The summed E-state index contributed by atoms with van der Waals surface area (Å²) in [6, 6.07) is 35.9. The van der Waals surface area contributed by atoms with Crippen LogP contribution in [-0.2, 0) is 6.42 Å². The molecule has 0 radical (unpaired) electrons. The van der Waals surface area contributed by atoms with E-state index in [-0.39, 0.29) is 0 Å². The van der Waals surface area contributed by atoms with E-state index in [9.17, 15) is 0 Å². The van der Waals surface area contributed by atoms with E-state index >= 15 is 0 Å². The van der Waals surface area contributed by atoms with E-state index in [1.54, 1.807) is 0 Å². The molecule has 44 heavy (non-hydrogen) atoms. The van der Waals surface area contributed by atoms with Crippen molar-refractivity contribution in [3.05, 3.63) is 150 Å². The van der Waals surface area contributed by atoms with Gasteiger partial charge in [0.25, 0.3) is 0 Å². The van der Waals surface area contributed by atoms with Gasteiger partial charge in [-0.3, -0.25) is 0 Å². The van der Waals surface area contributed by atoms with Gasteiger partial charge in [0.2, 0.25) is 0 Å². The molecule has 2 aliphatic rings. The molecule has 6 aromatic rings. The molecule has 4 heteroatoms. The Kier molecular flexibility index (Phi) is 6.60. The number of benzene rings is 4. The van der Waals surface area contributed by atoms with E-state index in [1.807, 2.05) is 24.3 Å². The van der Waals surface area contributed by atoms with Gasteiger partial charge < -0.3 is 4.42 Å². The number of hydrogen-bond acceptors (Lipinski definition) is 4. The highest BCUT2D eigenvalue weighted by Crippen LogP contribution is 2.40. The molecule has 0 fully saturated rings. The van der Waals surface area contributed by atoms with E-state index in [4.69, 9.17) is 19.4 Å². The first-order valence-electron chi connectivity index (χ1n) is 15.3. The maximum Gasteiger partial charge on any atom is 0.164 e. The lowest BCUT2D eigenvalue weighted by atomic mass is 9.92. The predicted octanol–water partition coefficient (Wildman–Crippen LogP) is 9.98. The smallest absolute Gasteiger partial charge is 0.164 e. The van der Waals surface area contributed by atoms with Crippen molar-refractivity contribution < 1.29 is 4.42 Å². The van der Waals surface area contributed by atoms with Crippen molar-refractivity contribution >= 4 is 22.1 Å². The van der Waals surface area contributed by atoms with Gasteiger partial charge in [0.15, 0.2) is 17.5 Å². The molecule has 0 bridgehead atoms. The largest absolute Gasteiger partial charge is 0.460 e. The van der Waals surface area contributed by atoms with Gasteiger partial charge in [0, 0.05) is 34.1 Å². The van der Waals surface area contributed by atoms with Crippen LogP contribution in [0, 0.1) is 5.92 Å². The first kappa shape index (κ1) is 26.3. The number of aromatic nitrogens is 3. The van der Waals surface area contributed by atoms with Crippen molar-refractivity contribution in [1.82, 2.24) is 15.0 Å². The van der Waals surface area contributed by atoms with E-state index in [1.165, 1.54) is 16.7 Å². The van der Waals surface area contributed by atoms with Gasteiger partial charge in [0.05, 0.1) is 0 Å². The van der Waals surface area contributed by atoms with Crippen LogP contribution >= 0.6 is 0 Å². The summed E-state index contributed by atoms with van der Waals surface area (Å²) >= 11 is 0. The molecule has 2 aromatic heterocycles. The minimum Gasteiger partial charge on any atom is -0.460 e. The van der Waals surface area contributed by atoms with Crippen molar-refractivity contribution in [3.8, 4) is 33.6 Å². The van der Waals surface area contributed by atoms with Gasteiger partial charge in [-0.1, -0.05) is 122 Å². The molecule has 0 saturated heterocycles. The highest BCUT2D eigenvalue weighted by Gasteiger charge is 2.25. The zero-order valence-electron chi connectivity index (χ0n) is 24.6. The van der Waals surface area contributed by atoms with Crippen LogP contribution in [-0.4, -0.2) is 15.0 Å². The minimum absolute atomic E-state index is 0.439. The van der Waals surface area contributed by atoms with Crippen LogP contribution in [0.25, 0.3) is 55.8 Å². The Hall–Kier alpha value is -5.35. The first-order valence-corrected chi connectivity index (χ1v) is 15.3. The van der Waals surface area contributed by atoms with E-state index in [0.29, 0.717) is 23.4 Å². The fraction of sp³-hybridized carbons (Fsp3) is 0.125. The van der Waals surface area contributed by atoms with Gasteiger partial charge in [-0.25, -0.2) is 15.0 Å². The number of allylic oxidation sites excluding steroid dienone is 5. The van der Waals surface area contributed by atoms with Crippen LogP contribution in [0.4, 0.5) is 0 Å². The summed E-state index contributed by atoms with van der Waals surface area (Å²) in [4.78, 5) is 15.1. The maximum atomic E-state index is 6.45. The Morgan fingerprint density at radius 3 is 2.05 bits per heavy atom. The molecule has 0 amide bonds. The Morgan fingerprint density at radius 2 is 1.30 bits per heavy atom. The molecule has 0 aliphatic heterocycles. The molecule has 0 saturated carbocycles. The SMILES string of the molecule is CC1C=C(c2nc(C3=CCCc4oc5ccc(-c6ccc(-c7ccccc7)cc6)cc5c43)nc(-c3ccccc3)n2)C=CC1. The van der Waals surface area contributed by atoms with Crippen molar-refractivity contribution in [2.45, 2.75) is 26.2 Å². The molecule has 0 spiro atoms. The second kappa shape index (κ2) is 11.1. The predicted molar refractivity (Wildman–Crippen MR) is 179 cm³/mol. The average molecular weight is 570 g/mol. The lowest BCUT2D eigenvalue weighted by Crippen LogP contribution is -2.09. The summed E-state index contributed by atoms with van der Waals surface area (Å²) in [5, 5.41) is 1.09. The highest BCUT2D eigenvalue weighted by molar-refractivity contribution is 5.99. The third kappa shape index (κ3) is 4.88. The molecular weight excluding hydrogens is 538 g/mol. The molecule has 1 unspecified atom stereocenters. The molecule has 2 aliphatic carbocycles. The topological polar surface area (TPSA) is 51.8 Å². The average Bonchev–Trinajstić information content (AvgIpc) is 3.47. The second-order valence-electron chi connectivity index (χ2n) is 11.6. The van der Waals surface area contributed by atoms with E-state index in [0.717, 1.165) is 63.8 Å². The molecule has 212 valence electrons. The monoisotopic (exact) mass is 569 g/mol. The zero-order valence-corrected chi connectivity index (χ0v) is 24.6. The fourth-order valence-electron chi connectivity index (χ4n) is 6.27. The quantitative estimate of drug-likeness (QED) is 0.207. The van der Waals surface area contributed by atoms with Gasteiger partial charge in [-0.15, -0.1) is 0 Å². The number of furan rings is 1. The Labute approximate surface area is 257 Å². The van der Waals surface area contributed by atoms with Gasteiger partial charge in [0.1, 0.15) is 11.3 Å². The summed E-state index contributed by atoms with van der Waals surface area (Å²) in [7, 11) is 0. The molecule has 8 rings (SSSR count). The minimum atomic E-state index is 0.439. The zero-order chi connectivity index (χ0) is 29.5. The van der Waals surface area contributed by atoms with Crippen LogP contribution in [0.15, 0.2) is 132 Å². The van der Waals surface area contributed by atoms with Gasteiger partial charge in [-0.2, -0.15) is 0 Å². The van der Waals surface area contributed by atoms with Crippen molar-refractivity contribution in [2.24, 2.45) is 5.92 Å². The van der Waals surface area contributed by atoms with Crippen molar-refractivity contribution in [1.29, 1.82) is 0 Å². The number of rotatable bonds is 5. The van der Waals surface area contributed by atoms with Crippen molar-refractivity contribution in [2.75, 3.05) is 0 Å². The highest BCUT2D eigenvalue weighted by atomic mass is 16.3. The van der Waals surface area contributed by atoms with Crippen LogP contribution < -0.4 is 0 Å². The molecular formula is C40H31N3O. The Balaban J connectivity index is 1.24. The summed E-state index contributed by atoms with van der Waals surface area (Å²) in [5.74, 6) is 3.49. The van der Waals surface area contributed by atoms with E-state index in [2.05, 4.69) is 110 Å².